The van der Waals surface area contributed by atoms with E-state index >= 15 is 0 Å². The molecule has 5 rings (SSSR count). The minimum Gasteiger partial charge on any atom is -0.394 e. The van der Waals surface area contributed by atoms with Crippen molar-refractivity contribution in [3.63, 3.8) is 0 Å². The third kappa shape index (κ3) is 4.09. The fraction of sp³-hybridized carbons (Fsp3) is 0.444. The van der Waals surface area contributed by atoms with E-state index in [1.807, 2.05) is 37.3 Å². The molecule has 1 spiro atoms. The molecular weight excluding hydrogens is 498 g/mol. The number of nitrogens with zero attached hydrogens (tertiary/aromatic N) is 1. The van der Waals surface area contributed by atoms with Gasteiger partial charge in [-0.25, -0.2) is 0 Å². The normalized spacial score (nSPS) is 29.2. The van der Waals surface area contributed by atoms with E-state index in [4.69, 9.17) is 11.6 Å². The van der Waals surface area contributed by atoms with Gasteiger partial charge in [0, 0.05) is 22.5 Å². The molecular formula is C27H30ClN3O4S. The Kier molecular flexibility index (Phi) is 7.03. The molecule has 190 valence electrons. The van der Waals surface area contributed by atoms with Crippen molar-refractivity contribution in [2.24, 2.45) is 11.8 Å². The van der Waals surface area contributed by atoms with Gasteiger partial charge in [-0.05, 0) is 49.1 Å². The van der Waals surface area contributed by atoms with E-state index in [1.54, 1.807) is 40.9 Å². The average Bonchev–Trinajstić information content (AvgIpc) is 3.53. The SMILES string of the molecule is CCCNC(=O)[C@@H]1[C@@H]2CCC3(S2)C(C(=O)Nc2ccc(Cl)cc2)N([C@H](CO)c2ccccc2)C(=O)[C@H]13. The number of hydrogen-bond donors (Lipinski definition) is 3. The number of halogens is 1. The summed E-state index contributed by atoms with van der Waals surface area (Å²) >= 11 is 7.63. The summed E-state index contributed by atoms with van der Waals surface area (Å²) in [7, 11) is 0. The second kappa shape index (κ2) is 10.1. The van der Waals surface area contributed by atoms with Crippen LogP contribution < -0.4 is 10.6 Å². The number of carbonyl (C=O) groups excluding carboxylic acids is 3. The number of carbonyl (C=O) groups is 3. The van der Waals surface area contributed by atoms with Crippen molar-refractivity contribution in [1.82, 2.24) is 10.2 Å². The van der Waals surface area contributed by atoms with Crippen molar-refractivity contribution in [1.29, 1.82) is 0 Å². The van der Waals surface area contributed by atoms with Gasteiger partial charge >= 0.3 is 0 Å². The average molecular weight is 528 g/mol. The molecule has 7 nitrogen and oxygen atoms in total. The molecule has 2 aromatic rings. The molecule has 3 heterocycles. The van der Waals surface area contributed by atoms with E-state index in [9.17, 15) is 19.5 Å². The fourth-order valence-electron chi connectivity index (χ4n) is 6.17. The van der Waals surface area contributed by atoms with Gasteiger partial charge in [0.2, 0.25) is 17.7 Å². The van der Waals surface area contributed by atoms with Crippen molar-refractivity contribution in [2.75, 3.05) is 18.5 Å². The predicted octanol–water partition coefficient (Wildman–Crippen LogP) is 3.63. The van der Waals surface area contributed by atoms with Crippen LogP contribution in [0.25, 0.3) is 0 Å². The van der Waals surface area contributed by atoms with Gasteiger partial charge in [0.05, 0.1) is 29.2 Å². The molecule has 9 heteroatoms. The van der Waals surface area contributed by atoms with Crippen LogP contribution in [-0.4, -0.2) is 56.9 Å². The largest absolute Gasteiger partial charge is 0.394 e. The van der Waals surface area contributed by atoms with Gasteiger partial charge in [-0.15, -0.1) is 11.8 Å². The topological polar surface area (TPSA) is 98.7 Å². The number of aliphatic hydroxyl groups is 1. The molecule has 3 N–H and O–H groups in total. The first-order chi connectivity index (χ1) is 17.4. The summed E-state index contributed by atoms with van der Waals surface area (Å²) in [6.07, 6.45) is 2.24. The Hall–Kier alpha value is -2.55. The molecule has 2 unspecified atom stereocenters. The second-order valence-corrected chi connectivity index (χ2v) is 11.7. The lowest BCUT2D eigenvalue weighted by atomic mass is 9.70. The Morgan fingerprint density at radius 1 is 1.17 bits per heavy atom. The van der Waals surface area contributed by atoms with E-state index in [0.29, 0.717) is 23.7 Å². The van der Waals surface area contributed by atoms with Crippen LogP contribution >= 0.6 is 23.4 Å². The van der Waals surface area contributed by atoms with E-state index in [-0.39, 0.29) is 29.6 Å². The number of rotatable bonds is 8. The number of anilines is 1. The van der Waals surface area contributed by atoms with Gasteiger partial charge in [0.1, 0.15) is 6.04 Å². The number of fused-ring (bicyclic) bond motifs is 1. The highest BCUT2D eigenvalue weighted by molar-refractivity contribution is 8.02. The van der Waals surface area contributed by atoms with Crippen LogP contribution in [0.3, 0.4) is 0 Å². The van der Waals surface area contributed by atoms with Gasteiger partial charge in [-0.2, -0.15) is 0 Å². The van der Waals surface area contributed by atoms with Crippen molar-refractivity contribution >= 4 is 46.8 Å². The lowest BCUT2D eigenvalue weighted by Crippen LogP contribution is -2.52. The second-order valence-electron chi connectivity index (χ2n) is 9.70. The number of likely N-dealkylation sites (tertiary alicyclic amines) is 1. The molecule has 3 saturated heterocycles. The molecule has 3 aliphatic heterocycles. The summed E-state index contributed by atoms with van der Waals surface area (Å²) in [5, 5.41) is 17.0. The fourth-order valence-corrected chi connectivity index (χ4v) is 8.50. The first-order valence-corrected chi connectivity index (χ1v) is 13.7. The standard InChI is InChI=1S/C27H30ClN3O4S/c1-2-14-29-24(33)21-20-12-13-27(36-20)22(21)26(35)31(19(15-32)16-6-4-3-5-7-16)23(27)25(34)30-18-10-8-17(28)9-11-18/h3-11,19-23,32H,2,12-15H2,1H3,(H,29,33)(H,30,34)/t19-,20+,21-,22+,23?,27?/m1/s1. The molecule has 3 amide bonds. The van der Waals surface area contributed by atoms with Gasteiger partial charge in [0.15, 0.2) is 0 Å². The monoisotopic (exact) mass is 527 g/mol. The minimum atomic E-state index is -0.831. The van der Waals surface area contributed by atoms with Crippen molar-refractivity contribution < 1.29 is 19.5 Å². The van der Waals surface area contributed by atoms with Gasteiger partial charge in [-0.1, -0.05) is 48.9 Å². The Labute approximate surface area is 220 Å². The Balaban J connectivity index is 1.56. The quantitative estimate of drug-likeness (QED) is 0.487. The lowest BCUT2D eigenvalue weighted by molar-refractivity contribution is -0.142. The first kappa shape index (κ1) is 25.1. The molecule has 0 saturated carbocycles. The van der Waals surface area contributed by atoms with E-state index in [1.165, 1.54) is 0 Å². The smallest absolute Gasteiger partial charge is 0.248 e. The zero-order valence-corrected chi connectivity index (χ0v) is 21.6. The van der Waals surface area contributed by atoms with Crippen LogP contribution in [0.1, 0.15) is 37.8 Å². The third-order valence-electron chi connectivity index (χ3n) is 7.64. The zero-order chi connectivity index (χ0) is 25.4. The molecule has 3 fully saturated rings. The molecule has 2 bridgehead atoms. The maximum atomic E-state index is 14.2. The number of thioether (sulfide) groups is 1. The van der Waals surface area contributed by atoms with Crippen molar-refractivity contribution in [2.45, 2.75) is 48.3 Å². The van der Waals surface area contributed by atoms with E-state index in [2.05, 4.69) is 10.6 Å². The summed E-state index contributed by atoms with van der Waals surface area (Å²) in [5.41, 5.74) is 1.33. The maximum Gasteiger partial charge on any atom is 0.248 e. The maximum absolute atomic E-state index is 14.2. The zero-order valence-electron chi connectivity index (χ0n) is 20.0. The minimum absolute atomic E-state index is 0.00640. The van der Waals surface area contributed by atoms with Crippen LogP contribution in [0.5, 0.6) is 0 Å². The van der Waals surface area contributed by atoms with Crippen LogP contribution in [0.2, 0.25) is 5.02 Å². The van der Waals surface area contributed by atoms with E-state index in [0.717, 1.165) is 18.4 Å². The molecule has 0 aromatic heterocycles. The van der Waals surface area contributed by atoms with Crippen molar-refractivity contribution in [3.8, 4) is 0 Å². The van der Waals surface area contributed by atoms with Crippen LogP contribution in [-0.2, 0) is 14.4 Å². The van der Waals surface area contributed by atoms with Gasteiger partial charge in [0.25, 0.3) is 0 Å². The number of aliphatic hydroxyl groups excluding tert-OH is 1. The predicted molar refractivity (Wildman–Crippen MR) is 141 cm³/mol. The van der Waals surface area contributed by atoms with Crippen molar-refractivity contribution in [3.05, 3.63) is 65.2 Å². The van der Waals surface area contributed by atoms with Gasteiger partial charge in [-0.3, -0.25) is 14.4 Å². The molecule has 6 atom stereocenters. The molecule has 0 radical (unpaired) electrons. The van der Waals surface area contributed by atoms with Crippen LogP contribution in [0, 0.1) is 11.8 Å². The van der Waals surface area contributed by atoms with Crippen LogP contribution in [0.4, 0.5) is 5.69 Å². The molecule has 2 aromatic carbocycles. The summed E-state index contributed by atoms with van der Waals surface area (Å²) in [5.74, 6) is -1.77. The highest BCUT2D eigenvalue weighted by Crippen LogP contribution is 2.67. The Morgan fingerprint density at radius 3 is 2.56 bits per heavy atom. The Bertz CT molecular complexity index is 1150. The highest BCUT2D eigenvalue weighted by atomic mass is 35.5. The summed E-state index contributed by atoms with van der Waals surface area (Å²) in [4.78, 5) is 42.9. The van der Waals surface area contributed by atoms with Crippen LogP contribution in [0.15, 0.2) is 54.6 Å². The van der Waals surface area contributed by atoms with Gasteiger partial charge < -0.3 is 20.6 Å². The number of nitrogens with one attached hydrogen (secondary N) is 2. The number of benzene rings is 2. The first-order valence-electron chi connectivity index (χ1n) is 12.4. The summed E-state index contributed by atoms with van der Waals surface area (Å²) < 4.78 is -0.727. The van der Waals surface area contributed by atoms with E-state index < -0.39 is 28.7 Å². The Morgan fingerprint density at radius 2 is 1.89 bits per heavy atom. The highest BCUT2D eigenvalue weighted by Gasteiger charge is 2.74. The molecule has 0 aliphatic carbocycles. The summed E-state index contributed by atoms with van der Waals surface area (Å²) in [6, 6.07) is 14.6. The summed E-state index contributed by atoms with van der Waals surface area (Å²) in [6.45, 7) is 2.21. The molecule has 3 aliphatic rings. The third-order valence-corrected chi connectivity index (χ3v) is 9.85. The lowest BCUT2D eigenvalue weighted by Gasteiger charge is -2.37. The number of hydrogen-bond acceptors (Lipinski definition) is 5. The number of amides is 3. The molecule has 36 heavy (non-hydrogen) atoms.